The van der Waals surface area contributed by atoms with Crippen LogP contribution in [0.5, 0.6) is 0 Å². The van der Waals surface area contributed by atoms with Gasteiger partial charge in [0, 0.05) is 24.4 Å². The van der Waals surface area contributed by atoms with Gasteiger partial charge in [-0.05, 0) is 29.6 Å². The fourth-order valence-corrected chi connectivity index (χ4v) is 2.36. The van der Waals surface area contributed by atoms with Crippen LogP contribution in [0.25, 0.3) is 10.4 Å². The largest absolute Gasteiger partial charge is 0.478 e. The zero-order valence-corrected chi connectivity index (χ0v) is 11.1. The van der Waals surface area contributed by atoms with Crippen molar-refractivity contribution in [2.75, 3.05) is 18.0 Å². The number of hydrogen-bond donors (Lipinski definition) is 1. The molecule has 0 bridgehead atoms. The first-order chi connectivity index (χ1) is 9.52. The third kappa shape index (κ3) is 2.84. The molecule has 0 radical (unpaired) electrons. The van der Waals surface area contributed by atoms with Crippen LogP contribution in [-0.4, -0.2) is 30.1 Å². The van der Waals surface area contributed by atoms with Gasteiger partial charge in [0.2, 0.25) is 5.91 Å². The zero-order chi connectivity index (χ0) is 14.7. The minimum atomic E-state index is -1.08. The molecule has 1 aliphatic heterocycles. The highest BCUT2D eigenvalue weighted by Gasteiger charge is 2.31. The molecule has 104 valence electrons. The molecule has 0 aromatic heterocycles. The summed E-state index contributed by atoms with van der Waals surface area (Å²) in [6, 6.07) is 4.21. The van der Waals surface area contributed by atoms with Gasteiger partial charge < -0.3 is 10.0 Å². The van der Waals surface area contributed by atoms with Crippen LogP contribution in [-0.2, 0) is 4.79 Å². The Labute approximate surface area is 119 Å². The fraction of sp³-hybridized carbons (Fsp3) is 0.333. The van der Waals surface area contributed by atoms with Crippen molar-refractivity contribution in [2.45, 2.75) is 6.42 Å². The summed E-state index contributed by atoms with van der Waals surface area (Å²) in [7, 11) is 0. The van der Waals surface area contributed by atoms with Gasteiger partial charge in [0.05, 0.1) is 16.3 Å². The second-order valence-corrected chi connectivity index (χ2v) is 4.87. The lowest BCUT2D eigenvalue weighted by Crippen LogP contribution is -2.25. The maximum atomic E-state index is 12.0. The highest BCUT2D eigenvalue weighted by atomic mass is 35.5. The number of carboxylic acid groups (broad SMARTS) is 1. The quantitative estimate of drug-likeness (QED) is 0.524. The third-order valence-corrected chi connectivity index (χ3v) is 3.41. The molecule has 1 atom stereocenters. The number of hydrogen-bond acceptors (Lipinski definition) is 3. The van der Waals surface area contributed by atoms with Crippen molar-refractivity contribution in [3.8, 4) is 0 Å². The molecule has 1 unspecified atom stereocenters. The van der Waals surface area contributed by atoms with Crippen molar-refractivity contribution in [3.05, 3.63) is 39.2 Å². The van der Waals surface area contributed by atoms with Crippen molar-refractivity contribution in [1.29, 1.82) is 0 Å². The Morgan fingerprint density at radius 3 is 3.00 bits per heavy atom. The van der Waals surface area contributed by atoms with E-state index in [9.17, 15) is 9.59 Å². The number of carbonyl (C=O) groups excluding carboxylic acids is 1. The Kier molecular flexibility index (Phi) is 4.12. The summed E-state index contributed by atoms with van der Waals surface area (Å²) >= 11 is 6.03. The second-order valence-electron chi connectivity index (χ2n) is 4.46. The summed E-state index contributed by atoms with van der Waals surface area (Å²) in [5.74, 6) is -1.32. The third-order valence-electron chi connectivity index (χ3n) is 3.09. The molecule has 1 aliphatic rings. The van der Waals surface area contributed by atoms with Crippen LogP contribution in [0.2, 0.25) is 5.02 Å². The summed E-state index contributed by atoms with van der Waals surface area (Å²) in [5.41, 5.74) is 8.73. The average molecular weight is 295 g/mol. The zero-order valence-electron chi connectivity index (χ0n) is 10.4. The van der Waals surface area contributed by atoms with Gasteiger partial charge in [-0.15, -0.1) is 0 Å². The molecule has 1 heterocycles. The molecule has 1 saturated heterocycles. The van der Waals surface area contributed by atoms with E-state index in [-0.39, 0.29) is 30.4 Å². The first kappa shape index (κ1) is 14.2. The number of carboxylic acids is 1. The van der Waals surface area contributed by atoms with Crippen LogP contribution in [0.15, 0.2) is 23.3 Å². The van der Waals surface area contributed by atoms with Crippen molar-refractivity contribution >= 4 is 29.2 Å². The van der Waals surface area contributed by atoms with Gasteiger partial charge in [0.1, 0.15) is 0 Å². The summed E-state index contributed by atoms with van der Waals surface area (Å²) < 4.78 is 0. The molecular weight excluding hydrogens is 284 g/mol. The van der Waals surface area contributed by atoms with Gasteiger partial charge in [-0.3, -0.25) is 4.79 Å². The van der Waals surface area contributed by atoms with E-state index < -0.39 is 5.97 Å². The van der Waals surface area contributed by atoms with E-state index >= 15 is 0 Å². The molecule has 0 saturated carbocycles. The van der Waals surface area contributed by atoms with Gasteiger partial charge in [0.15, 0.2) is 0 Å². The van der Waals surface area contributed by atoms with E-state index in [0.717, 1.165) is 0 Å². The van der Waals surface area contributed by atoms with E-state index in [2.05, 4.69) is 10.0 Å². The normalized spacial score (nSPS) is 17.9. The monoisotopic (exact) mass is 294 g/mol. The van der Waals surface area contributed by atoms with Crippen LogP contribution < -0.4 is 4.90 Å². The van der Waals surface area contributed by atoms with Gasteiger partial charge in [0.25, 0.3) is 0 Å². The Bertz CT molecular complexity index is 613. The average Bonchev–Trinajstić information content (AvgIpc) is 2.77. The highest BCUT2D eigenvalue weighted by molar-refractivity contribution is 6.34. The summed E-state index contributed by atoms with van der Waals surface area (Å²) in [6.45, 7) is 0.593. The number of halogens is 1. The van der Waals surface area contributed by atoms with E-state index in [1.165, 1.54) is 23.1 Å². The fourth-order valence-electron chi connectivity index (χ4n) is 2.14. The predicted octanol–water partition coefficient (Wildman–Crippen LogP) is 2.70. The highest BCUT2D eigenvalue weighted by Crippen LogP contribution is 2.32. The molecule has 1 aromatic carbocycles. The summed E-state index contributed by atoms with van der Waals surface area (Å²) in [6.07, 6.45) is 0.257. The molecule has 0 aliphatic carbocycles. The maximum absolute atomic E-state index is 12.0. The lowest BCUT2D eigenvalue weighted by molar-refractivity contribution is -0.117. The second kappa shape index (κ2) is 5.81. The molecule has 1 N–H and O–H groups in total. The molecule has 1 aromatic rings. The van der Waals surface area contributed by atoms with Crippen molar-refractivity contribution in [2.24, 2.45) is 11.0 Å². The minimum absolute atomic E-state index is 0.0655. The van der Waals surface area contributed by atoms with Crippen LogP contribution in [0.3, 0.4) is 0 Å². The molecule has 7 nitrogen and oxygen atoms in total. The first-order valence-corrected chi connectivity index (χ1v) is 6.24. The van der Waals surface area contributed by atoms with Crippen LogP contribution in [0.1, 0.15) is 16.8 Å². The van der Waals surface area contributed by atoms with Crippen LogP contribution in [0.4, 0.5) is 5.69 Å². The smallest absolute Gasteiger partial charge is 0.335 e. The summed E-state index contributed by atoms with van der Waals surface area (Å²) in [4.78, 5) is 27.0. The lowest BCUT2D eigenvalue weighted by Gasteiger charge is -2.18. The van der Waals surface area contributed by atoms with Crippen molar-refractivity contribution in [3.63, 3.8) is 0 Å². The number of nitrogens with zero attached hydrogens (tertiary/aromatic N) is 4. The SMILES string of the molecule is [N-]=[N+]=NCC1CC(=O)N(c2cc(C(=O)O)ccc2Cl)C1. The Morgan fingerprint density at radius 1 is 1.60 bits per heavy atom. The van der Waals surface area contributed by atoms with Gasteiger partial charge in [-0.2, -0.15) is 0 Å². The Balaban J connectivity index is 2.27. The lowest BCUT2D eigenvalue weighted by atomic mass is 10.1. The number of carbonyl (C=O) groups is 2. The number of azide groups is 1. The van der Waals surface area contributed by atoms with E-state index in [0.29, 0.717) is 17.3 Å². The number of aromatic carboxylic acids is 1. The first-order valence-electron chi connectivity index (χ1n) is 5.87. The van der Waals surface area contributed by atoms with E-state index in [1.807, 2.05) is 0 Å². The van der Waals surface area contributed by atoms with Gasteiger partial charge >= 0.3 is 5.97 Å². The van der Waals surface area contributed by atoms with Gasteiger partial charge in [-0.1, -0.05) is 16.7 Å². The molecule has 2 rings (SSSR count). The summed E-state index contributed by atoms with van der Waals surface area (Å²) in [5, 5.41) is 12.7. The van der Waals surface area contributed by atoms with Crippen LogP contribution in [0, 0.1) is 5.92 Å². The van der Waals surface area contributed by atoms with Gasteiger partial charge in [-0.25, -0.2) is 4.79 Å². The molecule has 1 amide bonds. The molecule has 0 spiro atoms. The van der Waals surface area contributed by atoms with E-state index in [1.54, 1.807) is 0 Å². The molecular formula is C12H11ClN4O3. The Morgan fingerprint density at radius 2 is 2.35 bits per heavy atom. The Hall–Kier alpha value is -2.24. The van der Waals surface area contributed by atoms with Crippen molar-refractivity contribution < 1.29 is 14.7 Å². The number of benzene rings is 1. The standard InChI is InChI=1S/C12H11ClN4O3/c13-9-2-1-8(12(19)20)4-10(9)17-6-7(3-11(17)18)5-15-16-14/h1-2,4,7H,3,5-6H2,(H,19,20). The maximum Gasteiger partial charge on any atom is 0.335 e. The minimum Gasteiger partial charge on any atom is -0.478 e. The van der Waals surface area contributed by atoms with Crippen molar-refractivity contribution in [1.82, 2.24) is 0 Å². The molecule has 20 heavy (non-hydrogen) atoms. The van der Waals surface area contributed by atoms with E-state index in [4.69, 9.17) is 22.2 Å². The van der Waals surface area contributed by atoms with Crippen LogP contribution >= 0.6 is 11.6 Å². The topological polar surface area (TPSA) is 106 Å². The predicted molar refractivity (Wildman–Crippen MR) is 72.9 cm³/mol. The number of amides is 1. The molecule has 1 fully saturated rings. The number of rotatable bonds is 4. The number of anilines is 1. The molecule has 8 heteroatoms.